The monoisotopic (exact) mass is 327 g/mol. The van der Waals surface area contributed by atoms with E-state index in [1.807, 2.05) is 0 Å². The van der Waals surface area contributed by atoms with Crippen LogP contribution in [0.5, 0.6) is 0 Å². The predicted octanol–water partition coefficient (Wildman–Crippen LogP) is 3.34. The zero-order chi connectivity index (χ0) is 17.0. The highest BCUT2D eigenvalue weighted by Crippen LogP contribution is 2.31. The first-order chi connectivity index (χ1) is 10.8. The first-order valence-electron chi connectivity index (χ1n) is 7.57. The number of benzene rings is 1. The molecule has 1 aliphatic rings. The number of likely N-dealkylation sites (tertiary alicyclic amines) is 1. The van der Waals surface area contributed by atoms with Gasteiger partial charge in [0.25, 0.3) is 0 Å². The van der Waals surface area contributed by atoms with Gasteiger partial charge in [-0.2, -0.15) is 13.2 Å². The molecule has 23 heavy (non-hydrogen) atoms. The lowest BCUT2D eigenvalue weighted by Crippen LogP contribution is -2.40. The summed E-state index contributed by atoms with van der Waals surface area (Å²) in [4.78, 5) is 13.9. The molecule has 0 aromatic heterocycles. The van der Waals surface area contributed by atoms with Crippen molar-refractivity contribution in [1.29, 1.82) is 0 Å². The van der Waals surface area contributed by atoms with E-state index in [4.69, 9.17) is 0 Å². The lowest BCUT2D eigenvalue weighted by molar-refractivity contribution is -0.137. The van der Waals surface area contributed by atoms with Crippen LogP contribution >= 0.6 is 0 Å². The van der Waals surface area contributed by atoms with E-state index in [0.717, 1.165) is 25.0 Å². The summed E-state index contributed by atoms with van der Waals surface area (Å²) < 4.78 is 38.2. The second-order valence-corrected chi connectivity index (χ2v) is 5.88. The Morgan fingerprint density at radius 1 is 1.43 bits per heavy atom. The van der Waals surface area contributed by atoms with Gasteiger partial charge in [-0.1, -0.05) is 12.1 Å². The number of alkyl halides is 3. The average molecular weight is 327 g/mol. The number of rotatable bonds is 3. The van der Waals surface area contributed by atoms with E-state index in [0.29, 0.717) is 24.2 Å². The Labute approximate surface area is 133 Å². The standard InChI is InChI=1S/C17H20F3NO2/c1-12(14-5-2-6-15(9-14)17(18,19)20)8-16(23)21-7-3-4-13(10-21)11-22/h2,5-6,8-9,13,22H,3-4,7,10-11H2,1H3/b12-8-. The van der Waals surface area contributed by atoms with Gasteiger partial charge in [0.05, 0.1) is 5.56 Å². The minimum absolute atomic E-state index is 0.0418. The smallest absolute Gasteiger partial charge is 0.396 e. The molecule has 1 fully saturated rings. The van der Waals surface area contributed by atoms with Crippen LogP contribution in [0.1, 0.15) is 30.9 Å². The largest absolute Gasteiger partial charge is 0.416 e. The maximum atomic E-state index is 12.7. The molecule has 126 valence electrons. The molecule has 6 heteroatoms. The minimum Gasteiger partial charge on any atom is -0.396 e. The van der Waals surface area contributed by atoms with Crippen molar-refractivity contribution in [2.75, 3.05) is 19.7 Å². The summed E-state index contributed by atoms with van der Waals surface area (Å²) >= 11 is 0. The lowest BCUT2D eigenvalue weighted by atomic mass is 9.98. The molecule has 3 nitrogen and oxygen atoms in total. The molecule has 0 bridgehead atoms. The Hall–Kier alpha value is -1.82. The maximum Gasteiger partial charge on any atom is 0.416 e. The zero-order valence-electron chi connectivity index (χ0n) is 12.9. The van der Waals surface area contributed by atoms with E-state index < -0.39 is 11.7 Å². The molecule has 1 N–H and O–H groups in total. The van der Waals surface area contributed by atoms with E-state index in [9.17, 15) is 23.1 Å². The van der Waals surface area contributed by atoms with Crippen LogP contribution in [0.25, 0.3) is 5.57 Å². The topological polar surface area (TPSA) is 40.5 Å². The zero-order valence-corrected chi connectivity index (χ0v) is 12.9. The van der Waals surface area contributed by atoms with E-state index >= 15 is 0 Å². The number of hydrogen-bond acceptors (Lipinski definition) is 2. The number of aliphatic hydroxyl groups is 1. The van der Waals surface area contributed by atoms with E-state index in [-0.39, 0.29) is 18.4 Å². The van der Waals surface area contributed by atoms with Gasteiger partial charge in [0.15, 0.2) is 0 Å². The molecule has 1 aliphatic heterocycles. The normalized spacial score (nSPS) is 19.8. The third-order valence-electron chi connectivity index (χ3n) is 4.07. The predicted molar refractivity (Wildman–Crippen MR) is 81.5 cm³/mol. The van der Waals surface area contributed by atoms with E-state index in [1.165, 1.54) is 12.1 Å². The molecule has 2 rings (SSSR count). The number of nitrogens with zero attached hydrogens (tertiary/aromatic N) is 1. The molecule has 0 aliphatic carbocycles. The fourth-order valence-electron chi connectivity index (χ4n) is 2.71. The molecule has 1 amide bonds. The van der Waals surface area contributed by atoms with Crippen LogP contribution in [-0.4, -0.2) is 35.6 Å². The maximum absolute atomic E-state index is 12.7. The highest BCUT2D eigenvalue weighted by molar-refractivity contribution is 5.95. The molecule has 1 aromatic rings. The fraction of sp³-hybridized carbons (Fsp3) is 0.471. The lowest BCUT2D eigenvalue weighted by Gasteiger charge is -2.31. The third-order valence-corrected chi connectivity index (χ3v) is 4.07. The van der Waals surface area contributed by atoms with E-state index in [1.54, 1.807) is 17.9 Å². The van der Waals surface area contributed by atoms with E-state index in [2.05, 4.69) is 0 Å². The van der Waals surface area contributed by atoms with Gasteiger partial charge in [-0.3, -0.25) is 4.79 Å². The minimum atomic E-state index is -4.40. The van der Waals surface area contributed by atoms with Gasteiger partial charge in [0.1, 0.15) is 0 Å². The number of amides is 1. The van der Waals surface area contributed by atoms with Gasteiger partial charge in [0.2, 0.25) is 5.91 Å². The fourth-order valence-corrected chi connectivity index (χ4v) is 2.71. The van der Waals surface area contributed by atoms with Crippen molar-refractivity contribution in [3.8, 4) is 0 Å². The molecule has 1 aromatic carbocycles. The molecule has 1 heterocycles. The molecule has 1 unspecified atom stereocenters. The number of piperidine rings is 1. The van der Waals surface area contributed by atoms with Crippen molar-refractivity contribution in [2.45, 2.75) is 25.9 Å². The highest BCUT2D eigenvalue weighted by Gasteiger charge is 2.30. The third kappa shape index (κ3) is 4.58. The molecular weight excluding hydrogens is 307 g/mol. The number of carbonyl (C=O) groups is 1. The summed E-state index contributed by atoms with van der Waals surface area (Å²) in [5.74, 6) is -0.145. The second-order valence-electron chi connectivity index (χ2n) is 5.88. The first kappa shape index (κ1) is 17.5. The van der Waals surface area contributed by atoms with Crippen LogP contribution in [0.15, 0.2) is 30.3 Å². The second kappa shape index (κ2) is 7.17. The van der Waals surface area contributed by atoms with Gasteiger partial charge >= 0.3 is 6.18 Å². The van der Waals surface area contributed by atoms with Crippen molar-refractivity contribution in [3.05, 3.63) is 41.5 Å². The number of hydrogen-bond donors (Lipinski definition) is 1. The molecule has 0 saturated carbocycles. The van der Waals surface area contributed by atoms with Gasteiger partial charge in [-0.05, 0) is 49.0 Å². The number of carbonyl (C=O) groups excluding carboxylic acids is 1. The molecule has 0 spiro atoms. The summed E-state index contributed by atoms with van der Waals surface area (Å²) in [6.07, 6.45) is -1.32. The quantitative estimate of drug-likeness (QED) is 0.865. The van der Waals surface area contributed by atoms with Gasteiger partial charge in [-0.15, -0.1) is 0 Å². The van der Waals surface area contributed by atoms with Crippen LogP contribution in [0.4, 0.5) is 13.2 Å². The molecule has 1 atom stereocenters. The first-order valence-corrected chi connectivity index (χ1v) is 7.57. The number of allylic oxidation sites excluding steroid dienone is 1. The van der Waals surface area contributed by atoms with Crippen molar-refractivity contribution in [3.63, 3.8) is 0 Å². The SMILES string of the molecule is C/C(=C/C(=O)N1CCCC(CO)C1)c1cccc(C(F)(F)F)c1. The van der Waals surface area contributed by atoms with Gasteiger partial charge in [-0.25, -0.2) is 0 Å². The van der Waals surface area contributed by atoms with Crippen LogP contribution in [0.2, 0.25) is 0 Å². The number of aliphatic hydroxyl groups excluding tert-OH is 1. The summed E-state index contributed by atoms with van der Waals surface area (Å²) in [5.41, 5.74) is 0.143. The Bertz CT molecular complexity index is 596. The summed E-state index contributed by atoms with van der Waals surface area (Å²) in [5, 5.41) is 9.20. The number of halogens is 3. The Balaban J connectivity index is 2.14. The summed E-state index contributed by atoms with van der Waals surface area (Å²) in [6, 6.07) is 4.95. The summed E-state index contributed by atoms with van der Waals surface area (Å²) in [7, 11) is 0. The molecule has 0 radical (unpaired) electrons. The van der Waals surface area contributed by atoms with Crippen molar-refractivity contribution in [1.82, 2.24) is 4.90 Å². The van der Waals surface area contributed by atoms with Gasteiger partial charge < -0.3 is 10.0 Å². The van der Waals surface area contributed by atoms with Crippen molar-refractivity contribution < 1.29 is 23.1 Å². The van der Waals surface area contributed by atoms with Crippen LogP contribution in [0, 0.1) is 5.92 Å². The van der Waals surface area contributed by atoms with Crippen LogP contribution in [0.3, 0.4) is 0 Å². The average Bonchev–Trinajstić information content (AvgIpc) is 2.54. The van der Waals surface area contributed by atoms with Crippen LogP contribution < -0.4 is 0 Å². The highest BCUT2D eigenvalue weighted by atomic mass is 19.4. The van der Waals surface area contributed by atoms with Crippen LogP contribution in [-0.2, 0) is 11.0 Å². The molecular formula is C17H20F3NO2. The van der Waals surface area contributed by atoms with Crippen molar-refractivity contribution in [2.24, 2.45) is 5.92 Å². The van der Waals surface area contributed by atoms with Gasteiger partial charge in [0, 0.05) is 25.8 Å². The Morgan fingerprint density at radius 3 is 2.83 bits per heavy atom. The Morgan fingerprint density at radius 2 is 2.17 bits per heavy atom. The van der Waals surface area contributed by atoms with Crippen molar-refractivity contribution >= 4 is 11.5 Å². The summed E-state index contributed by atoms with van der Waals surface area (Å²) in [6.45, 7) is 2.77. The molecule has 1 saturated heterocycles. The Kier molecular flexibility index (Phi) is 5.46.